The molecule has 0 bridgehead atoms. The van der Waals surface area contributed by atoms with E-state index in [-0.39, 0.29) is 25.5 Å². The summed E-state index contributed by atoms with van der Waals surface area (Å²) in [6.07, 6.45) is -1.29. The number of likely N-dealkylation sites (N-methyl/N-ethyl adjacent to an activating group) is 1. The van der Waals surface area contributed by atoms with E-state index in [0.717, 1.165) is 16.3 Å². The monoisotopic (exact) mass is 473 g/mol. The Labute approximate surface area is 199 Å². The van der Waals surface area contributed by atoms with Crippen molar-refractivity contribution in [3.8, 4) is 0 Å². The zero-order valence-corrected chi connectivity index (χ0v) is 20.1. The lowest BCUT2D eigenvalue weighted by Gasteiger charge is -2.33. The molecule has 3 amide bonds. The van der Waals surface area contributed by atoms with Crippen LogP contribution in [0, 0.1) is 11.3 Å². The van der Waals surface area contributed by atoms with E-state index in [9.17, 15) is 24.7 Å². The minimum atomic E-state index is -1.39. The van der Waals surface area contributed by atoms with Gasteiger partial charge in [0, 0.05) is 6.54 Å². The zero-order valence-electron chi connectivity index (χ0n) is 20.1. The Bertz CT molecular complexity index is 988. The number of rotatable bonds is 11. The van der Waals surface area contributed by atoms with Crippen LogP contribution in [0.1, 0.15) is 33.3 Å². The van der Waals surface area contributed by atoms with Crippen LogP contribution in [0.3, 0.4) is 0 Å². The average Bonchev–Trinajstić information content (AvgIpc) is 2.80. The third-order valence-electron chi connectivity index (χ3n) is 5.49. The van der Waals surface area contributed by atoms with Gasteiger partial charge in [-0.1, -0.05) is 63.2 Å². The van der Waals surface area contributed by atoms with Crippen molar-refractivity contribution in [2.45, 2.75) is 46.3 Å². The van der Waals surface area contributed by atoms with E-state index >= 15 is 0 Å². The third kappa shape index (κ3) is 7.24. The Balaban J connectivity index is 2.43. The summed E-state index contributed by atoms with van der Waals surface area (Å²) < 4.78 is 5.48. The smallest absolute Gasteiger partial charge is 0.273 e. The number of hydrogen-bond donors (Lipinski definition) is 5. The molecule has 0 fully saturated rings. The predicted octanol–water partition coefficient (Wildman–Crippen LogP) is 1.55. The van der Waals surface area contributed by atoms with Gasteiger partial charge in [-0.15, -0.1) is 0 Å². The van der Waals surface area contributed by atoms with Gasteiger partial charge in [-0.2, -0.15) is 0 Å². The second-order valence-corrected chi connectivity index (χ2v) is 9.19. The molecular weight excluding hydrogens is 438 g/mol. The molecule has 0 saturated carbocycles. The molecule has 0 heterocycles. The maximum Gasteiger partial charge on any atom is 0.273 e. The van der Waals surface area contributed by atoms with Crippen LogP contribution in [-0.2, 0) is 25.5 Å². The number of hydroxylamine groups is 1. The number of aliphatic hydroxyl groups is 1. The first-order valence-corrected chi connectivity index (χ1v) is 11.3. The number of nitrogens with one attached hydrogen (secondary N) is 3. The van der Waals surface area contributed by atoms with Crippen molar-refractivity contribution >= 4 is 28.5 Å². The Morgan fingerprint density at radius 2 is 1.68 bits per heavy atom. The summed E-state index contributed by atoms with van der Waals surface area (Å²) in [5.74, 6) is -2.92. The van der Waals surface area contributed by atoms with Crippen LogP contribution in [0.4, 0.5) is 0 Å². The topological polar surface area (TPSA) is 137 Å². The second kappa shape index (κ2) is 12.5. The van der Waals surface area contributed by atoms with Crippen molar-refractivity contribution < 1.29 is 29.4 Å². The van der Waals surface area contributed by atoms with Crippen molar-refractivity contribution in [3.63, 3.8) is 0 Å². The van der Waals surface area contributed by atoms with Crippen LogP contribution < -0.4 is 16.1 Å². The van der Waals surface area contributed by atoms with Gasteiger partial charge >= 0.3 is 0 Å². The summed E-state index contributed by atoms with van der Waals surface area (Å²) in [4.78, 5) is 38.6. The first kappa shape index (κ1) is 27.2. The van der Waals surface area contributed by atoms with Gasteiger partial charge in [-0.05, 0) is 35.1 Å². The molecule has 0 aliphatic heterocycles. The van der Waals surface area contributed by atoms with Crippen LogP contribution in [0.2, 0.25) is 0 Å². The fraction of sp³-hybridized carbons (Fsp3) is 0.480. The van der Waals surface area contributed by atoms with Crippen molar-refractivity contribution in [2.75, 3.05) is 19.8 Å². The maximum atomic E-state index is 13.5. The molecule has 34 heavy (non-hydrogen) atoms. The van der Waals surface area contributed by atoms with Crippen molar-refractivity contribution in [3.05, 3.63) is 48.0 Å². The van der Waals surface area contributed by atoms with Gasteiger partial charge < -0.3 is 20.5 Å². The summed E-state index contributed by atoms with van der Waals surface area (Å²) in [5, 5.41) is 26.0. The molecule has 0 unspecified atom stereocenters. The molecule has 3 atom stereocenters. The average molecular weight is 474 g/mol. The van der Waals surface area contributed by atoms with Gasteiger partial charge in [-0.25, -0.2) is 5.48 Å². The molecular formula is C25H35N3O6. The standard InChI is InChI=1S/C25H35N3O6/c1-5-26-24(32)21(25(2,3)4)27-22(30)19(20(23(31)28-33)34-13-12-29)15-16-10-11-17-8-6-7-9-18(17)14-16/h6-11,14,19-21,29,33H,5,12-13,15H2,1-4H3,(H,26,32)(H,27,30)(H,28,31)/t19-,20+,21-/m1/s1. The quantitative estimate of drug-likeness (QED) is 0.248. The van der Waals surface area contributed by atoms with Crippen LogP contribution in [0.25, 0.3) is 10.8 Å². The number of aliphatic hydroxyl groups excluding tert-OH is 1. The molecule has 0 aliphatic carbocycles. The van der Waals surface area contributed by atoms with Gasteiger partial charge in [-0.3, -0.25) is 19.6 Å². The molecule has 9 nitrogen and oxygen atoms in total. The highest BCUT2D eigenvalue weighted by molar-refractivity contribution is 5.93. The molecule has 2 aromatic carbocycles. The Morgan fingerprint density at radius 3 is 2.26 bits per heavy atom. The lowest BCUT2D eigenvalue weighted by molar-refractivity contribution is -0.152. The van der Waals surface area contributed by atoms with Crippen LogP contribution in [0.5, 0.6) is 0 Å². The normalized spacial score (nSPS) is 14.2. The molecule has 0 aliphatic rings. The van der Waals surface area contributed by atoms with Gasteiger partial charge in [0.15, 0.2) is 0 Å². The minimum absolute atomic E-state index is 0.104. The lowest BCUT2D eigenvalue weighted by Crippen LogP contribution is -2.57. The third-order valence-corrected chi connectivity index (χ3v) is 5.49. The molecule has 0 radical (unpaired) electrons. The molecule has 186 valence electrons. The van der Waals surface area contributed by atoms with E-state index in [1.54, 1.807) is 12.4 Å². The molecule has 2 rings (SSSR count). The first-order chi connectivity index (χ1) is 16.1. The highest BCUT2D eigenvalue weighted by Crippen LogP contribution is 2.24. The number of hydrogen-bond acceptors (Lipinski definition) is 6. The Hall–Kier alpha value is -3.01. The van der Waals surface area contributed by atoms with Crippen LogP contribution >= 0.6 is 0 Å². The first-order valence-electron chi connectivity index (χ1n) is 11.3. The number of amides is 3. The maximum absolute atomic E-state index is 13.5. The summed E-state index contributed by atoms with van der Waals surface area (Å²) in [5.41, 5.74) is 1.71. The Morgan fingerprint density at radius 1 is 1.00 bits per heavy atom. The molecule has 9 heteroatoms. The molecule has 0 aromatic heterocycles. The van der Waals surface area contributed by atoms with Gasteiger partial charge in [0.1, 0.15) is 12.1 Å². The van der Waals surface area contributed by atoms with E-state index in [1.807, 2.05) is 63.2 Å². The molecule has 5 N–H and O–H groups in total. The lowest BCUT2D eigenvalue weighted by atomic mass is 9.84. The summed E-state index contributed by atoms with van der Waals surface area (Å²) in [7, 11) is 0. The summed E-state index contributed by atoms with van der Waals surface area (Å²) in [6.45, 7) is 7.08. The van der Waals surface area contributed by atoms with Gasteiger partial charge in [0.05, 0.1) is 19.1 Å². The van der Waals surface area contributed by atoms with Crippen LogP contribution in [0.15, 0.2) is 42.5 Å². The van der Waals surface area contributed by atoms with Crippen molar-refractivity contribution in [1.82, 2.24) is 16.1 Å². The van der Waals surface area contributed by atoms with Crippen molar-refractivity contribution in [2.24, 2.45) is 11.3 Å². The number of benzene rings is 2. The number of fused-ring (bicyclic) bond motifs is 1. The van der Waals surface area contributed by atoms with E-state index in [2.05, 4.69) is 10.6 Å². The largest absolute Gasteiger partial charge is 0.394 e. The van der Waals surface area contributed by atoms with E-state index in [0.29, 0.717) is 6.54 Å². The van der Waals surface area contributed by atoms with Crippen LogP contribution in [-0.4, -0.2) is 59.9 Å². The van der Waals surface area contributed by atoms with Gasteiger partial charge in [0.2, 0.25) is 11.8 Å². The van der Waals surface area contributed by atoms with Crippen molar-refractivity contribution in [1.29, 1.82) is 0 Å². The van der Waals surface area contributed by atoms with E-state index in [1.165, 1.54) is 0 Å². The minimum Gasteiger partial charge on any atom is -0.394 e. The number of carbonyl (C=O) groups is 3. The fourth-order valence-electron chi connectivity index (χ4n) is 3.78. The van der Waals surface area contributed by atoms with E-state index < -0.39 is 35.3 Å². The second-order valence-electron chi connectivity index (χ2n) is 9.19. The number of ether oxygens (including phenoxy) is 1. The summed E-state index contributed by atoms with van der Waals surface area (Å²) in [6, 6.07) is 12.6. The molecule has 0 saturated heterocycles. The SMILES string of the molecule is CCNC(=O)[C@@H](NC(=O)[C@H](Cc1ccc2ccccc2c1)[C@H](OCCO)C(=O)NO)C(C)(C)C. The highest BCUT2D eigenvalue weighted by Gasteiger charge is 2.39. The molecule has 0 spiro atoms. The number of carbonyl (C=O) groups excluding carboxylic acids is 3. The Kier molecular flexibility index (Phi) is 9.97. The predicted molar refractivity (Wildman–Crippen MR) is 128 cm³/mol. The molecule has 2 aromatic rings. The summed E-state index contributed by atoms with van der Waals surface area (Å²) >= 11 is 0. The van der Waals surface area contributed by atoms with Gasteiger partial charge in [0.25, 0.3) is 5.91 Å². The van der Waals surface area contributed by atoms with E-state index in [4.69, 9.17) is 4.74 Å². The highest BCUT2D eigenvalue weighted by atomic mass is 16.5. The fourth-order valence-corrected chi connectivity index (χ4v) is 3.78. The zero-order chi connectivity index (χ0) is 25.3.